The molecule has 0 heterocycles. The molecule has 0 bridgehead atoms. The highest BCUT2D eigenvalue weighted by molar-refractivity contribution is 7.85. The molecule has 0 saturated carbocycles. The van der Waals surface area contributed by atoms with Crippen molar-refractivity contribution in [3.8, 4) is 0 Å². The zero-order chi connectivity index (χ0) is 13.0. The van der Waals surface area contributed by atoms with Gasteiger partial charge in [0, 0.05) is 6.54 Å². The molecule has 6 nitrogen and oxygen atoms in total. The molecule has 0 aliphatic carbocycles. The molecule has 0 fully saturated rings. The first-order chi connectivity index (χ1) is 7.13. The molecule has 1 atom stereocenters. The SMILES string of the molecule is C=CCC(C)(C(=O)O)N(C)CCS(=O)(=O)O. The maximum absolute atomic E-state index is 11.1. The number of hydrogen-bond donors (Lipinski definition) is 2. The van der Waals surface area contributed by atoms with Gasteiger partial charge in [0.2, 0.25) is 0 Å². The van der Waals surface area contributed by atoms with Crippen molar-refractivity contribution in [3.05, 3.63) is 12.7 Å². The van der Waals surface area contributed by atoms with Crippen molar-refractivity contribution >= 4 is 16.1 Å². The summed E-state index contributed by atoms with van der Waals surface area (Å²) in [6.45, 7) is 4.87. The molecule has 0 aliphatic rings. The minimum atomic E-state index is -4.08. The Hall–Kier alpha value is -0.920. The van der Waals surface area contributed by atoms with Gasteiger partial charge in [-0.2, -0.15) is 8.42 Å². The van der Waals surface area contributed by atoms with Gasteiger partial charge in [0.25, 0.3) is 10.1 Å². The van der Waals surface area contributed by atoms with E-state index < -0.39 is 27.4 Å². The largest absolute Gasteiger partial charge is 0.480 e. The van der Waals surface area contributed by atoms with Crippen LogP contribution in [0.2, 0.25) is 0 Å². The smallest absolute Gasteiger partial charge is 0.324 e. The fourth-order valence-corrected chi connectivity index (χ4v) is 1.69. The average Bonchev–Trinajstić information content (AvgIpc) is 2.12. The van der Waals surface area contributed by atoms with Gasteiger partial charge in [-0.3, -0.25) is 14.2 Å². The van der Waals surface area contributed by atoms with Gasteiger partial charge in [0.05, 0.1) is 5.75 Å². The van der Waals surface area contributed by atoms with Gasteiger partial charge < -0.3 is 5.11 Å². The maximum atomic E-state index is 11.1. The Bertz CT molecular complexity index is 364. The van der Waals surface area contributed by atoms with Crippen molar-refractivity contribution in [2.75, 3.05) is 19.3 Å². The van der Waals surface area contributed by atoms with E-state index in [1.54, 1.807) is 0 Å². The van der Waals surface area contributed by atoms with Crippen LogP contribution in [0.5, 0.6) is 0 Å². The molecule has 1 unspecified atom stereocenters. The molecule has 7 heteroatoms. The van der Waals surface area contributed by atoms with Crippen molar-refractivity contribution in [3.63, 3.8) is 0 Å². The highest BCUT2D eigenvalue weighted by atomic mass is 32.2. The molecule has 0 aromatic heterocycles. The topological polar surface area (TPSA) is 94.9 Å². The van der Waals surface area contributed by atoms with Gasteiger partial charge in [0.1, 0.15) is 5.54 Å². The first-order valence-electron chi connectivity index (χ1n) is 4.64. The second kappa shape index (κ2) is 5.42. The van der Waals surface area contributed by atoms with E-state index in [0.717, 1.165) is 0 Å². The third-order valence-corrected chi connectivity index (χ3v) is 3.23. The number of carbonyl (C=O) groups is 1. The molecule has 0 amide bonds. The average molecular weight is 251 g/mol. The van der Waals surface area contributed by atoms with E-state index in [-0.39, 0.29) is 13.0 Å². The summed E-state index contributed by atoms with van der Waals surface area (Å²) in [5.74, 6) is -1.56. The van der Waals surface area contributed by atoms with E-state index in [2.05, 4.69) is 6.58 Å². The summed E-state index contributed by atoms with van der Waals surface area (Å²) in [5.41, 5.74) is -1.22. The van der Waals surface area contributed by atoms with E-state index in [0.29, 0.717) is 0 Å². The monoisotopic (exact) mass is 251 g/mol. The third kappa shape index (κ3) is 4.30. The molecule has 0 saturated heterocycles. The van der Waals surface area contributed by atoms with Crippen molar-refractivity contribution in [2.24, 2.45) is 0 Å². The Balaban J connectivity index is 4.70. The highest BCUT2D eigenvalue weighted by Crippen LogP contribution is 2.18. The number of aliphatic carboxylic acids is 1. The van der Waals surface area contributed by atoms with Crippen molar-refractivity contribution in [1.29, 1.82) is 0 Å². The van der Waals surface area contributed by atoms with E-state index >= 15 is 0 Å². The Morgan fingerprint density at radius 1 is 1.56 bits per heavy atom. The van der Waals surface area contributed by atoms with E-state index in [4.69, 9.17) is 9.66 Å². The van der Waals surface area contributed by atoms with Crippen LogP contribution in [-0.4, -0.2) is 53.8 Å². The van der Waals surface area contributed by atoms with Crippen LogP contribution in [0.25, 0.3) is 0 Å². The number of hydrogen-bond acceptors (Lipinski definition) is 4. The highest BCUT2D eigenvalue weighted by Gasteiger charge is 2.36. The van der Waals surface area contributed by atoms with Crippen LogP contribution in [0.1, 0.15) is 13.3 Å². The van der Waals surface area contributed by atoms with Gasteiger partial charge in [-0.1, -0.05) is 6.08 Å². The van der Waals surface area contributed by atoms with Crippen LogP contribution in [0.15, 0.2) is 12.7 Å². The van der Waals surface area contributed by atoms with Gasteiger partial charge in [-0.15, -0.1) is 6.58 Å². The Labute approximate surface area is 95.3 Å². The van der Waals surface area contributed by atoms with Crippen LogP contribution < -0.4 is 0 Å². The fourth-order valence-electron chi connectivity index (χ4n) is 1.19. The van der Waals surface area contributed by atoms with Crippen molar-refractivity contribution in [1.82, 2.24) is 4.90 Å². The summed E-state index contributed by atoms with van der Waals surface area (Å²) in [6, 6.07) is 0. The lowest BCUT2D eigenvalue weighted by molar-refractivity contribution is -0.149. The first-order valence-corrected chi connectivity index (χ1v) is 6.25. The Kier molecular flexibility index (Phi) is 5.11. The summed E-state index contributed by atoms with van der Waals surface area (Å²) in [5, 5.41) is 9.06. The van der Waals surface area contributed by atoms with Crippen LogP contribution >= 0.6 is 0 Å². The molecule has 0 radical (unpaired) electrons. The number of carboxylic acid groups (broad SMARTS) is 1. The number of rotatable bonds is 7. The third-order valence-electron chi connectivity index (χ3n) is 2.53. The zero-order valence-electron chi connectivity index (χ0n) is 9.38. The van der Waals surface area contributed by atoms with E-state index in [9.17, 15) is 13.2 Å². The lowest BCUT2D eigenvalue weighted by atomic mass is 9.96. The summed E-state index contributed by atoms with van der Waals surface area (Å²) in [6.07, 6.45) is 1.64. The summed E-state index contributed by atoms with van der Waals surface area (Å²) >= 11 is 0. The van der Waals surface area contributed by atoms with Gasteiger partial charge >= 0.3 is 5.97 Å². The van der Waals surface area contributed by atoms with Gasteiger partial charge in [0.15, 0.2) is 0 Å². The molecular formula is C9H17NO5S. The number of nitrogens with zero attached hydrogens (tertiary/aromatic N) is 1. The molecule has 0 aliphatic heterocycles. The van der Waals surface area contributed by atoms with Crippen LogP contribution in [-0.2, 0) is 14.9 Å². The Morgan fingerprint density at radius 2 is 2.06 bits per heavy atom. The summed E-state index contributed by atoms with van der Waals surface area (Å²) in [7, 11) is -2.59. The molecular weight excluding hydrogens is 234 g/mol. The summed E-state index contributed by atoms with van der Waals surface area (Å²) < 4.78 is 29.7. The molecule has 0 aromatic rings. The molecule has 16 heavy (non-hydrogen) atoms. The minimum Gasteiger partial charge on any atom is -0.480 e. The zero-order valence-corrected chi connectivity index (χ0v) is 10.2. The molecule has 0 spiro atoms. The molecule has 0 rings (SSSR count). The van der Waals surface area contributed by atoms with Gasteiger partial charge in [-0.05, 0) is 20.4 Å². The second-order valence-electron chi connectivity index (χ2n) is 3.78. The van der Waals surface area contributed by atoms with Crippen LogP contribution in [0.3, 0.4) is 0 Å². The van der Waals surface area contributed by atoms with Crippen molar-refractivity contribution < 1.29 is 22.9 Å². The number of carboxylic acids is 1. The normalized spacial score (nSPS) is 15.8. The maximum Gasteiger partial charge on any atom is 0.324 e. The van der Waals surface area contributed by atoms with Crippen LogP contribution in [0, 0.1) is 0 Å². The standard InChI is InChI=1S/C9H17NO5S/c1-4-5-9(2,8(11)12)10(3)6-7-16(13,14)15/h4H,1,5-7H2,2-3H3,(H,11,12)(H,13,14,15). The molecule has 0 aromatic carbocycles. The fraction of sp³-hybridized carbons (Fsp3) is 0.667. The quantitative estimate of drug-likeness (QED) is 0.496. The van der Waals surface area contributed by atoms with E-state index in [1.165, 1.54) is 24.9 Å². The lowest BCUT2D eigenvalue weighted by Crippen LogP contribution is -2.51. The second-order valence-corrected chi connectivity index (χ2v) is 5.35. The summed E-state index contributed by atoms with van der Waals surface area (Å²) in [4.78, 5) is 12.4. The predicted octanol–water partition coefficient (Wildman–Crippen LogP) is 0.225. The lowest BCUT2D eigenvalue weighted by Gasteiger charge is -2.33. The van der Waals surface area contributed by atoms with Crippen LogP contribution in [0.4, 0.5) is 0 Å². The van der Waals surface area contributed by atoms with Gasteiger partial charge in [-0.25, -0.2) is 0 Å². The molecule has 94 valence electrons. The van der Waals surface area contributed by atoms with E-state index in [1.807, 2.05) is 0 Å². The number of likely N-dealkylation sites (N-methyl/N-ethyl adjacent to an activating group) is 1. The first kappa shape index (κ1) is 15.1. The molecule has 2 N–H and O–H groups in total. The van der Waals surface area contributed by atoms with Crippen molar-refractivity contribution in [2.45, 2.75) is 18.9 Å². The minimum absolute atomic E-state index is 0.0600. The predicted molar refractivity (Wildman–Crippen MR) is 59.9 cm³/mol. The Morgan fingerprint density at radius 3 is 2.38 bits per heavy atom.